The lowest BCUT2D eigenvalue weighted by Crippen LogP contribution is -2.50. The van der Waals surface area contributed by atoms with Crippen LogP contribution in [0, 0.1) is 0 Å². The highest BCUT2D eigenvalue weighted by molar-refractivity contribution is 5.76. The molecule has 98 valence electrons. The number of rotatable bonds is 7. The van der Waals surface area contributed by atoms with Crippen molar-refractivity contribution >= 4 is 11.9 Å². The highest BCUT2D eigenvalue weighted by Crippen LogP contribution is 2.07. The Morgan fingerprint density at radius 1 is 1.12 bits per heavy atom. The number of aliphatic hydroxyl groups excluding tert-OH is 4. The maximum atomic E-state index is 11.0. The van der Waals surface area contributed by atoms with E-state index in [1.54, 1.807) is 0 Å². The number of ether oxygens (including phenoxy) is 1. The molecule has 0 aliphatic carbocycles. The summed E-state index contributed by atoms with van der Waals surface area (Å²) in [5.41, 5.74) is 0. The van der Waals surface area contributed by atoms with Crippen LogP contribution < -0.4 is 0 Å². The molecule has 4 atom stereocenters. The van der Waals surface area contributed by atoms with Gasteiger partial charge in [0.05, 0.1) is 0 Å². The van der Waals surface area contributed by atoms with Crippen LogP contribution >= 0.6 is 0 Å². The fourth-order valence-electron chi connectivity index (χ4n) is 0.885. The maximum Gasteiger partial charge on any atom is 0.338 e. The third-order valence-electron chi connectivity index (χ3n) is 1.83. The van der Waals surface area contributed by atoms with Crippen molar-refractivity contribution in [2.45, 2.75) is 24.4 Å². The van der Waals surface area contributed by atoms with Gasteiger partial charge in [0.2, 0.25) is 0 Å². The van der Waals surface area contributed by atoms with Gasteiger partial charge < -0.3 is 30.3 Å². The normalized spacial score (nSPS) is 17.6. The zero-order valence-corrected chi connectivity index (χ0v) is 8.76. The Morgan fingerprint density at radius 2 is 1.59 bits per heavy atom. The molecule has 0 amide bonds. The minimum atomic E-state index is -2.33. The van der Waals surface area contributed by atoms with E-state index in [1.807, 2.05) is 0 Å². The van der Waals surface area contributed by atoms with Crippen molar-refractivity contribution in [2.24, 2.45) is 0 Å². The van der Waals surface area contributed by atoms with Crippen LogP contribution in [0.3, 0.4) is 0 Å². The molecular formula is C9H14O8. The third-order valence-corrected chi connectivity index (χ3v) is 1.83. The predicted molar refractivity (Wildman–Crippen MR) is 52.8 cm³/mol. The molecule has 0 heterocycles. The zero-order chi connectivity index (χ0) is 13.6. The van der Waals surface area contributed by atoms with E-state index in [2.05, 4.69) is 11.3 Å². The van der Waals surface area contributed by atoms with Gasteiger partial charge in [0, 0.05) is 0 Å². The van der Waals surface area contributed by atoms with E-state index in [4.69, 9.17) is 15.3 Å². The number of carboxylic acids is 1. The molecule has 0 saturated carbocycles. The molecular weight excluding hydrogens is 236 g/mol. The molecule has 17 heavy (non-hydrogen) atoms. The van der Waals surface area contributed by atoms with Gasteiger partial charge >= 0.3 is 11.9 Å². The van der Waals surface area contributed by atoms with Crippen molar-refractivity contribution in [3.05, 3.63) is 12.7 Å². The lowest BCUT2D eigenvalue weighted by atomic mass is 10.0. The lowest BCUT2D eigenvalue weighted by molar-refractivity contribution is -0.175. The van der Waals surface area contributed by atoms with Gasteiger partial charge in [-0.3, -0.25) is 0 Å². The first kappa shape index (κ1) is 15.5. The molecule has 0 aliphatic heterocycles. The maximum absolute atomic E-state index is 11.0. The van der Waals surface area contributed by atoms with E-state index >= 15 is 0 Å². The number of carbonyl (C=O) groups excluding carboxylic acids is 1. The van der Waals surface area contributed by atoms with Crippen LogP contribution in [0.5, 0.6) is 0 Å². The van der Waals surface area contributed by atoms with E-state index < -0.39 is 36.4 Å². The summed E-state index contributed by atoms with van der Waals surface area (Å²) in [7, 11) is 0. The fourth-order valence-corrected chi connectivity index (χ4v) is 0.885. The van der Waals surface area contributed by atoms with Gasteiger partial charge in [-0.05, 0) is 0 Å². The highest BCUT2D eigenvalue weighted by Gasteiger charge is 2.38. The van der Waals surface area contributed by atoms with Crippen LogP contribution in [0.25, 0.3) is 0 Å². The molecule has 0 aromatic carbocycles. The molecule has 0 aliphatic rings. The summed E-state index contributed by atoms with van der Waals surface area (Å²) in [6.07, 6.45) is -7.69. The van der Waals surface area contributed by atoms with E-state index in [0.717, 1.165) is 0 Å². The topological polar surface area (TPSA) is 145 Å². The Bertz CT molecular complexity index is 289. The monoisotopic (exact) mass is 250 g/mol. The molecule has 5 N–H and O–H groups in total. The first-order valence-corrected chi connectivity index (χ1v) is 4.55. The summed E-state index contributed by atoms with van der Waals surface area (Å²) in [6.45, 7) is 3.01. The molecule has 8 nitrogen and oxygen atoms in total. The summed E-state index contributed by atoms with van der Waals surface area (Å²) >= 11 is 0. The van der Waals surface area contributed by atoms with Crippen LogP contribution in [0.4, 0.5) is 0 Å². The van der Waals surface area contributed by atoms with Crippen molar-refractivity contribution in [3.63, 3.8) is 0 Å². The molecule has 0 fully saturated rings. The van der Waals surface area contributed by atoms with Gasteiger partial charge in [0.15, 0.2) is 12.2 Å². The molecule has 0 unspecified atom stereocenters. The summed E-state index contributed by atoms with van der Waals surface area (Å²) in [5.74, 6) is -3.07. The Hall–Kier alpha value is -1.48. The Labute approximate surface area is 96.4 Å². The standard InChI is InChI=1S/C9H14O8/c1-2-3-17-9(16)7(13)5(11)4(10)6(12)8(14)15/h2,4-7,10-13H,1,3H2,(H,14,15)/t4-,5+,6+,7-/m1/s1. The largest absolute Gasteiger partial charge is 0.479 e. The minimum absolute atomic E-state index is 0.222. The summed E-state index contributed by atoms with van der Waals surface area (Å²) < 4.78 is 4.36. The third kappa shape index (κ3) is 4.49. The average Bonchev–Trinajstić information content (AvgIpc) is 2.31. The number of hydrogen-bond acceptors (Lipinski definition) is 7. The quantitative estimate of drug-likeness (QED) is 0.241. The number of carboxylic acid groups (broad SMARTS) is 1. The van der Waals surface area contributed by atoms with Crippen molar-refractivity contribution < 1.29 is 39.9 Å². The molecule has 0 aromatic rings. The summed E-state index contributed by atoms with van der Waals surface area (Å²) in [5, 5.41) is 44.8. The minimum Gasteiger partial charge on any atom is -0.479 e. The molecule has 0 saturated heterocycles. The van der Waals surface area contributed by atoms with E-state index in [-0.39, 0.29) is 6.61 Å². The number of hydrogen-bond donors (Lipinski definition) is 5. The Kier molecular flexibility index (Phi) is 6.36. The smallest absolute Gasteiger partial charge is 0.338 e. The first-order chi connectivity index (χ1) is 7.82. The van der Waals surface area contributed by atoms with Gasteiger partial charge in [0.25, 0.3) is 0 Å². The van der Waals surface area contributed by atoms with Crippen LogP contribution in [0.2, 0.25) is 0 Å². The number of esters is 1. The average molecular weight is 250 g/mol. The molecule has 0 spiro atoms. The van der Waals surface area contributed by atoms with Crippen molar-refractivity contribution in [1.82, 2.24) is 0 Å². The first-order valence-electron chi connectivity index (χ1n) is 4.55. The summed E-state index contributed by atoms with van der Waals surface area (Å²) in [6, 6.07) is 0. The Morgan fingerprint density at radius 3 is 2.00 bits per heavy atom. The number of carbonyl (C=O) groups is 2. The SMILES string of the molecule is C=CCOC(=O)[C@H](O)[C@@H](O)[C@@H](O)[C@H](O)C(=O)O. The molecule has 0 radical (unpaired) electrons. The van der Waals surface area contributed by atoms with Gasteiger partial charge in [-0.2, -0.15) is 0 Å². The van der Waals surface area contributed by atoms with Crippen LogP contribution in [0.1, 0.15) is 0 Å². The van der Waals surface area contributed by atoms with Crippen molar-refractivity contribution in [2.75, 3.05) is 6.61 Å². The predicted octanol–water partition coefficient (Wildman–Crippen LogP) is -2.76. The second-order valence-electron chi connectivity index (χ2n) is 3.13. The molecule has 8 heteroatoms. The second-order valence-corrected chi connectivity index (χ2v) is 3.13. The van der Waals surface area contributed by atoms with Gasteiger partial charge in [-0.15, -0.1) is 0 Å². The fraction of sp³-hybridized carbons (Fsp3) is 0.556. The van der Waals surface area contributed by atoms with Crippen molar-refractivity contribution in [3.8, 4) is 0 Å². The number of aliphatic hydroxyl groups is 4. The Balaban J connectivity index is 4.47. The van der Waals surface area contributed by atoms with Crippen LogP contribution in [-0.2, 0) is 14.3 Å². The zero-order valence-electron chi connectivity index (χ0n) is 8.76. The van der Waals surface area contributed by atoms with E-state index in [0.29, 0.717) is 0 Å². The summed E-state index contributed by atoms with van der Waals surface area (Å²) in [4.78, 5) is 21.3. The second kappa shape index (κ2) is 6.97. The number of aliphatic carboxylic acids is 1. The lowest BCUT2D eigenvalue weighted by Gasteiger charge is -2.23. The molecule has 0 aromatic heterocycles. The highest BCUT2D eigenvalue weighted by atomic mass is 16.5. The van der Waals surface area contributed by atoms with E-state index in [1.165, 1.54) is 6.08 Å². The van der Waals surface area contributed by atoms with Crippen LogP contribution in [0.15, 0.2) is 12.7 Å². The van der Waals surface area contributed by atoms with Crippen LogP contribution in [-0.4, -0.2) is 68.5 Å². The van der Waals surface area contributed by atoms with E-state index in [9.17, 15) is 19.8 Å². The van der Waals surface area contributed by atoms with Gasteiger partial charge in [0.1, 0.15) is 18.8 Å². The van der Waals surface area contributed by atoms with Gasteiger partial charge in [-0.1, -0.05) is 12.7 Å². The van der Waals surface area contributed by atoms with Gasteiger partial charge in [-0.25, -0.2) is 9.59 Å². The van der Waals surface area contributed by atoms with Crippen molar-refractivity contribution in [1.29, 1.82) is 0 Å². The molecule has 0 rings (SSSR count). The molecule has 0 bridgehead atoms.